The Morgan fingerprint density at radius 3 is 2.75 bits per heavy atom. The molecule has 0 aliphatic carbocycles. The molecule has 3 N–H and O–H groups in total. The number of halogens is 1. The number of nitrogens with zero attached hydrogens (tertiary/aromatic N) is 1. The van der Waals surface area contributed by atoms with Crippen LogP contribution in [0.15, 0.2) is 48.5 Å². The van der Waals surface area contributed by atoms with E-state index in [1.54, 1.807) is 36.4 Å². The molecule has 0 bridgehead atoms. The lowest BCUT2D eigenvalue weighted by molar-refractivity contribution is -0.137. The standard InChI is InChI=1S/C17H14ClN3O3/c18-11-5-3-4-10(8-11)14(9-15(22)23)19-17(24)16-12-6-1-2-7-13(12)20-21-16/h1-8,14H,9H2,(H,19,24)(H,20,21)(H,22,23). The number of amides is 1. The number of carbonyl (C=O) groups is 2. The van der Waals surface area contributed by atoms with Crippen LogP contribution >= 0.6 is 11.6 Å². The van der Waals surface area contributed by atoms with Gasteiger partial charge >= 0.3 is 5.97 Å². The zero-order valence-corrected chi connectivity index (χ0v) is 13.2. The number of rotatable bonds is 5. The molecule has 1 heterocycles. The highest BCUT2D eigenvalue weighted by Gasteiger charge is 2.21. The van der Waals surface area contributed by atoms with Gasteiger partial charge in [0.15, 0.2) is 5.69 Å². The van der Waals surface area contributed by atoms with Gasteiger partial charge in [-0.05, 0) is 23.8 Å². The molecule has 1 unspecified atom stereocenters. The van der Waals surface area contributed by atoms with Gasteiger partial charge < -0.3 is 10.4 Å². The van der Waals surface area contributed by atoms with Crippen LogP contribution in [0.2, 0.25) is 5.02 Å². The first-order valence-electron chi connectivity index (χ1n) is 7.26. The topological polar surface area (TPSA) is 95.1 Å². The smallest absolute Gasteiger partial charge is 0.305 e. The van der Waals surface area contributed by atoms with E-state index in [-0.39, 0.29) is 12.1 Å². The van der Waals surface area contributed by atoms with Gasteiger partial charge in [-0.3, -0.25) is 14.7 Å². The van der Waals surface area contributed by atoms with E-state index in [1.807, 2.05) is 12.1 Å². The fourth-order valence-electron chi connectivity index (χ4n) is 2.51. The molecule has 122 valence electrons. The average Bonchev–Trinajstić information content (AvgIpc) is 2.98. The second kappa shape index (κ2) is 6.72. The molecule has 0 aliphatic rings. The van der Waals surface area contributed by atoms with Gasteiger partial charge in [0.25, 0.3) is 5.91 Å². The maximum Gasteiger partial charge on any atom is 0.305 e. The second-order valence-electron chi connectivity index (χ2n) is 5.30. The minimum absolute atomic E-state index is 0.225. The highest BCUT2D eigenvalue weighted by Crippen LogP contribution is 2.22. The van der Waals surface area contributed by atoms with E-state index >= 15 is 0 Å². The Bertz CT molecular complexity index is 907. The van der Waals surface area contributed by atoms with E-state index in [1.165, 1.54) is 0 Å². The summed E-state index contributed by atoms with van der Waals surface area (Å²) in [6, 6.07) is 13.3. The summed E-state index contributed by atoms with van der Waals surface area (Å²) in [6.45, 7) is 0. The Labute approximate surface area is 142 Å². The van der Waals surface area contributed by atoms with Crippen molar-refractivity contribution in [1.82, 2.24) is 15.5 Å². The zero-order chi connectivity index (χ0) is 17.1. The van der Waals surface area contributed by atoms with E-state index in [9.17, 15) is 9.59 Å². The molecule has 0 saturated heterocycles. The summed E-state index contributed by atoms with van der Waals surface area (Å²) in [7, 11) is 0. The largest absolute Gasteiger partial charge is 0.481 e. The Kier molecular flexibility index (Phi) is 4.48. The van der Waals surface area contributed by atoms with Crippen LogP contribution in [0.1, 0.15) is 28.5 Å². The van der Waals surface area contributed by atoms with Crippen LogP contribution < -0.4 is 5.32 Å². The summed E-state index contributed by atoms with van der Waals surface area (Å²) < 4.78 is 0. The molecule has 0 fully saturated rings. The number of H-pyrrole nitrogens is 1. The summed E-state index contributed by atoms with van der Waals surface area (Å²) in [6.07, 6.45) is -0.256. The molecule has 1 aromatic heterocycles. The molecule has 3 aromatic rings. The number of hydrogen-bond acceptors (Lipinski definition) is 3. The van der Waals surface area contributed by atoms with Crippen molar-refractivity contribution >= 4 is 34.4 Å². The Morgan fingerprint density at radius 2 is 2.00 bits per heavy atom. The van der Waals surface area contributed by atoms with Crippen LogP contribution in [0.25, 0.3) is 10.9 Å². The summed E-state index contributed by atoms with van der Waals surface area (Å²) in [5.74, 6) is -1.47. The normalized spacial score (nSPS) is 12.0. The van der Waals surface area contributed by atoms with Crippen LogP contribution in [0, 0.1) is 0 Å². The van der Waals surface area contributed by atoms with Gasteiger partial charge in [0.2, 0.25) is 0 Å². The second-order valence-corrected chi connectivity index (χ2v) is 5.73. The van der Waals surface area contributed by atoms with Crippen LogP contribution in [0.5, 0.6) is 0 Å². The minimum Gasteiger partial charge on any atom is -0.481 e. The summed E-state index contributed by atoms with van der Waals surface area (Å²) in [5, 5.41) is 19.8. The van der Waals surface area contributed by atoms with Crippen molar-refractivity contribution in [2.24, 2.45) is 0 Å². The van der Waals surface area contributed by atoms with Gasteiger partial charge in [0.05, 0.1) is 18.0 Å². The lowest BCUT2D eigenvalue weighted by Gasteiger charge is -2.17. The number of carboxylic acids is 1. The van der Waals surface area contributed by atoms with E-state index < -0.39 is 17.9 Å². The number of aromatic amines is 1. The van der Waals surface area contributed by atoms with Crippen molar-refractivity contribution in [3.8, 4) is 0 Å². The van der Waals surface area contributed by atoms with E-state index in [4.69, 9.17) is 16.7 Å². The Hall–Kier alpha value is -2.86. The molecule has 0 radical (unpaired) electrons. The van der Waals surface area contributed by atoms with Gasteiger partial charge in [-0.15, -0.1) is 0 Å². The van der Waals surface area contributed by atoms with Gasteiger partial charge in [0, 0.05) is 10.4 Å². The summed E-state index contributed by atoms with van der Waals surface area (Å²) in [5.41, 5.74) is 1.58. The van der Waals surface area contributed by atoms with E-state index in [0.717, 1.165) is 5.52 Å². The first-order chi connectivity index (χ1) is 11.5. The molecule has 6 nitrogen and oxygen atoms in total. The average molecular weight is 344 g/mol. The molecule has 24 heavy (non-hydrogen) atoms. The molecule has 1 amide bonds. The van der Waals surface area contributed by atoms with Crippen molar-refractivity contribution < 1.29 is 14.7 Å². The Morgan fingerprint density at radius 1 is 1.21 bits per heavy atom. The number of carboxylic acid groups (broad SMARTS) is 1. The highest BCUT2D eigenvalue weighted by atomic mass is 35.5. The predicted molar refractivity (Wildman–Crippen MR) is 90.0 cm³/mol. The quantitative estimate of drug-likeness (QED) is 0.663. The number of fused-ring (bicyclic) bond motifs is 1. The maximum absolute atomic E-state index is 12.6. The molecule has 0 aliphatic heterocycles. The molecular weight excluding hydrogens is 330 g/mol. The van der Waals surface area contributed by atoms with Crippen molar-refractivity contribution in [1.29, 1.82) is 0 Å². The number of benzene rings is 2. The molecular formula is C17H14ClN3O3. The van der Waals surface area contributed by atoms with Crippen molar-refractivity contribution in [2.45, 2.75) is 12.5 Å². The first-order valence-corrected chi connectivity index (χ1v) is 7.63. The monoisotopic (exact) mass is 343 g/mol. The van der Waals surface area contributed by atoms with Crippen LogP contribution in [0.4, 0.5) is 0 Å². The van der Waals surface area contributed by atoms with Gasteiger partial charge in [0.1, 0.15) is 0 Å². The molecule has 0 saturated carbocycles. The zero-order valence-electron chi connectivity index (χ0n) is 12.5. The third kappa shape index (κ3) is 3.38. The van der Waals surface area contributed by atoms with Crippen molar-refractivity contribution in [3.05, 3.63) is 64.8 Å². The third-order valence-corrected chi connectivity index (χ3v) is 3.86. The molecule has 7 heteroatoms. The maximum atomic E-state index is 12.6. The summed E-state index contributed by atoms with van der Waals surface area (Å²) in [4.78, 5) is 23.7. The van der Waals surface area contributed by atoms with Gasteiger partial charge in [-0.25, -0.2) is 0 Å². The van der Waals surface area contributed by atoms with Crippen LogP contribution in [-0.2, 0) is 4.79 Å². The van der Waals surface area contributed by atoms with Crippen LogP contribution in [-0.4, -0.2) is 27.2 Å². The number of carbonyl (C=O) groups excluding carboxylic acids is 1. The molecule has 3 rings (SSSR count). The van der Waals surface area contributed by atoms with Gasteiger partial charge in [-0.1, -0.05) is 41.9 Å². The minimum atomic E-state index is -1.02. The van der Waals surface area contributed by atoms with Crippen molar-refractivity contribution in [2.75, 3.05) is 0 Å². The number of para-hydroxylation sites is 1. The van der Waals surface area contributed by atoms with Crippen LogP contribution in [0.3, 0.4) is 0 Å². The fraction of sp³-hybridized carbons (Fsp3) is 0.118. The highest BCUT2D eigenvalue weighted by molar-refractivity contribution is 6.30. The number of nitrogens with one attached hydrogen (secondary N) is 2. The fourth-order valence-corrected chi connectivity index (χ4v) is 2.71. The third-order valence-electron chi connectivity index (χ3n) is 3.62. The van der Waals surface area contributed by atoms with Crippen molar-refractivity contribution in [3.63, 3.8) is 0 Å². The number of aromatic nitrogens is 2. The SMILES string of the molecule is O=C(O)CC(NC(=O)c1n[nH]c2ccccc12)c1cccc(Cl)c1. The number of aliphatic carboxylic acids is 1. The predicted octanol–water partition coefficient (Wildman–Crippen LogP) is 3.16. The first kappa shape index (κ1) is 16.0. The molecule has 1 atom stereocenters. The summed E-state index contributed by atoms with van der Waals surface area (Å²) >= 11 is 5.96. The molecule has 0 spiro atoms. The number of hydrogen-bond donors (Lipinski definition) is 3. The van der Waals surface area contributed by atoms with Gasteiger partial charge in [-0.2, -0.15) is 5.10 Å². The Balaban J connectivity index is 1.89. The lowest BCUT2D eigenvalue weighted by atomic mass is 10.0. The molecule has 2 aromatic carbocycles. The van der Waals surface area contributed by atoms with E-state index in [0.29, 0.717) is 16.0 Å². The lowest BCUT2D eigenvalue weighted by Crippen LogP contribution is -2.30. The van der Waals surface area contributed by atoms with E-state index in [2.05, 4.69) is 15.5 Å².